The number of furan rings is 1. The highest BCUT2D eigenvalue weighted by Crippen LogP contribution is 2.36. The second kappa shape index (κ2) is 9.53. The third-order valence-corrected chi connectivity index (χ3v) is 5.80. The summed E-state index contributed by atoms with van der Waals surface area (Å²) in [6.45, 7) is 1.71. The van der Waals surface area contributed by atoms with E-state index in [0.717, 1.165) is 16.4 Å². The van der Waals surface area contributed by atoms with Gasteiger partial charge in [0.25, 0.3) is 11.5 Å². The normalized spacial score (nSPS) is 11.2. The van der Waals surface area contributed by atoms with Gasteiger partial charge in [0.15, 0.2) is 12.3 Å². The molecular formula is C27H23N3O6. The van der Waals surface area contributed by atoms with Gasteiger partial charge in [-0.25, -0.2) is 9.48 Å². The van der Waals surface area contributed by atoms with Gasteiger partial charge < -0.3 is 19.2 Å². The lowest BCUT2D eigenvalue weighted by Gasteiger charge is -2.12. The first-order valence-corrected chi connectivity index (χ1v) is 11.5. The molecule has 0 spiro atoms. The number of carbonyl (C=O) groups is 2. The van der Waals surface area contributed by atoms with E-state index in [-0.39, 0.29) is 11.3 Å². The van der Waals surface area contributed by atoms with Gasteiger partial charge in [0.05, 0.1) is 18.2 Å². The Hall–Kier alpha value is -4.66. The first-order chi connectivity index (χ1) is 17.5. The van der Waals surface area contributed by atoms with Crippen LogP contribution in [0.3, 0.4) is 0 Å². The summed E-state index contributed by atoms with van der Waals surface area (Å²) >= 11 is 0. The maximum atomic E-state index is 12.9. The first kappa shape index (κ1) is 23.1. The fraction of sp³-hybridized carbons (Fsp3) is 0.185. The Kier molecular flexibility index (Phi) is 6.12. The Morgan fingerprint density at radius 2 is 1.69 bits per heavy atom. The highest BCUT2D eigenvalue weighted by Gasteiger charge is 2.20. The molecule has 3 aromatic carbocycles. The summed E-state index contributed by atoms with van der Waals surface area (Å²) in [5.41, 5.74) is 1.38. The number of benzene rings is 3. The number of anilines is 1. The Morgan fingerprint density at radius 3 is 2.44 bits per heavy atom. The van der Waals surface area contributed by atoms with Crippen LogP contribution in [0.15, 0.2) is 69.9 Å². The van der Waals surface area contributed by atoms with Gasteiger partial charge in [0, 0.05) is 28.8 Å². The minimum absolute atomic E-state index is 0.0206. The van der Waals surface area contributed by atoms with E-state index in [0.29, 0.717) is 40.8 Å². The number of nitrogens with zero attached hydrogens (tertiary/aromatic N) is 2. The van der Waals surface area contributed by atoms with E-state index in [4.69, 9.17) is 13.9 Å². The van der Waals surface area contributed by atoms with E-state index in [9.17, 15) is 14.4 Å². The number of amides is 1. The lowest BCUT2D eigenvalue weighted by Crippen LogP contribution is -2.27. The van der Waals surface area contributed by atoms with Crippen molar-refractivity contribution in [3.8, 4) is 5.75 Å². The number of para-hydroxylation sites is 1. The van der Waals surface area contributed by atoms with Gasteiger partial charge >= 0.3 is 5.97 Å². The summed E-state index contributed by atoms with van der Waals surface area (Å²) < 4.78 is 17.8. The molecule has 9 heteroatoms. The summed E-state index contributed by atoms with van der Waals surface area (Å²) in [7, 11) is 1.50. The maximum absolute atomic E-state index is 12.9. The monoisotopic (exact) mass is 485 g/mol. The summed E-state index contributed by atoms with van der Waals surface area (Å²) in [5, 5.41) is 9.43. The lowest BCUT2D eigenvalue weighted by molar-refractivity contribution is -0.119. The van der Waals surface area contributed by atoms with Crippen molar-refractivity contribution in [2.24, 2.45) is 0 Å². The summed E-state index contributed by atoms with van der Waals surface area (Å²) in [6, 6.07) is 17.7. The fourth-order valence-corrected chi connectivity index (χ4v) is 4.15. The number of ether oxygens (including phenoxy) is 2. The Morgan fingerprint density at radius 1 is 0.972 bits per heavy atom. The average Bonchev–Trinajstić information content (AvgIpc) is 3.26. The zero-order chi connectivity index (χ0) is 25.2. The number of carbonyl (C=O) groups excluding carboxylic acids is 2. The van der Waals surface area contributed by atoms with Crippen molar-refractivity contribution in [3.63, 3.8) is 0 Å². The number of aryl methyl sites for hydroxylation is 1. The number of nitrogens with one attached hydrogen (secondary N) is 1. The van der Waals surface area contributed by atoms with Crippen LogP contribution in [0.4, 0.5) is 5.69 Å². The van der Waals surface area contributed by atoms with E-state index >= 15 is 0 Å². The molecule has 0 aliphatic carbocycles. The molecule has 36 heavy (non-hydrogen) atoms. The van der Waals surface area contributed by atoms with Crippen molar-refractivity contribution < 1.29 is 23.5 Å². The largest absolute Gasteiger partial charge is 0.495 e. The molecule has 5 aromatic rings. The molecule has 2 heterocycles. The second-order valence-corrected chi connectivity index (χ2v) is 8.19. The standard InChI is InChI=1S/C27H23N3O6/c1-3-12-30-26(32)18-10-5-4-9-17(18)25(29-30)27(33)35-15-24(31)28-20-14-22-19(13-23(20)34-2)16-8-6-7-11-21(16)36-22/h4-11,13-14H,3,12,15H2,1-2H3,(H,28,31). The molecule has 0 unspecified atom stereocenters. The number of rotatable bonds is 7. The third kappa shape index (κ3) is 4.15. The maximum Gasteiger partial charge on any atom is 0.359 e. The number of hydrogen-bond acceptors (Lipinski definition) is 7. The molecule has 0 aliphatic rings. The van der Waals surface area contributed by atoms with Gasteiger partial charge in [-0.05, 0) is 24.6 Å². The predicted octanol–water partition coefficient (Wildman–Crippen LogP) is 4.51. The van der Waals surface area contributed by atoms with Crippen LogP contribution in [0.25, 0.3) is 32.7 Å². The minimum atomic E-state index is -0.800. The highest BCUT2D eigenvalue weighted by atomic mass is 16.5. The quantitative estimate of drug-likeness (QED) is 0.338. The molecule has 0 atom stereocenters. The van der Waals surface area contributed by atoms with Crippen molar-refractivity contribution in [3.05, 3.63) is 76.7 Å². The van der Waals surface area contributed by atoms with Crippen LogP contribution < -0.4 is 15.6 Å². The van der Waals surface area contributed by atoms with Crippen LogP contribution in [0.2, 0.25) is 0 Å². The van der Waals surface area contributed by atoms with Crippen LogP contribution in [0, 0.1) is 0 Å². The molecule has 2 aromatic heterocycles. The minimum Gasteiger partial charge on any atom is -0.495 e. The molecule has 0 saturated carbocycles. The Labute approximate surface area is 205 Å². The summed E-state index contributed by atoms with van der Waals surface area (Å²) in [4.78, 5) is 38.2. The SMILES string of the molecule is CCCn1nc(C(=O)OCC(=O)Nc2cc3oc4ccccc4c3cc2OC)c2ccccc2c1=O. The second-order valence-electron chi connectivity index (χ2n) is 8.19. The van der Waals surface area contributed by atoms with Crippen LogP contribution >= 0.6 is 0 Å². The average molecular weight is 485 g/mol. The molecule has 1 amide bonds. The fourth-order valence-electron chi connectivity index (χ4n) is 4.15. The molecular weight excluding hydrogens is 462 g/mol. The van der Waals surface area contributed by atoms with E-state index in [2.05, 4.69) is 10.4 Å². The zero-order valence-electron chi connectivity index (χ0n) is 19.7. The Balaban J connectivity index is 1.37. The predicted molar refractivity (Wildman–Crippen MR) is 135 cm³/mol. The first-order valence-electron chi connectivity index (χ1n) is 11.5. The molecule has 0 bridgehead atoms. The number of methoxy groups -OCH3 is 1. The van der Waals surface area contributed by atoms with E-state index < -0.39 is 18.5 Å². The molecule has 0 saturated heterocycles. The van der Waals surface area contributed by atoms with Crippen LogP contribution in [-0.4, -0.2) is 35.4 Å². The van der Waals surface area contributed by atoms with Crippen molar-refractivity contribution in [2.45, 2.75) is 19.9 Å². The van der Waals surface area contributed by atoms with Crippen molar-refractivity contribution >= 4 is 50.3 Å². The summed E-state index contributed by atoms with van der Waals surface area (Å²) in [6.07, 6.45) is 0.666. The van der Waals surface area contributed by atoms with Gasteiger partial charge in [0.2, 0.25) is 0 Å². The molecule has 0 fully saturated rings. The third-order valence-electron chi connectivity index (χ3n) is 5.80. The smallest absolute Gasteiger partial charge is 0.359 e. The van der Waals surface area contributed by atoms with Crippen molar-refractivity contribution in [1.29, 1.82) is 0 Å². The number of fused-ring (bicyclic) bond motifs is 4. The number of esters is 1. The Bertz CT molecular complexity index is 1680. The van der Waals surface area contributed by atoms with Gasteiger partial charge in [-0.1, -0.05) is 43.3 Å². The number of hydrogen-bond donors (Lipinski definition) is 1. The van der Waals surface area contributed by atoms with Crippen LogP contribution in [-0.2, 0) is 16.1 Å². The van der Waals surface area contributed by atoms with Gasteiger partial charge in [-0.15, -0.1) is 0 Å². The lowest BCUT2D eigenvalue weighted by atomic mass is 10.1. The highest BCUT2D eigenvalue weighted by molar-refractivity contribution is 6.08. The molecule has 182 valence electrons. The molecule has 0 radical (unpaired) electrons. The molecule has 5 rings (SSSR count). The van der Waals surface area contributed by atoms with Crippen LogP contribution in [0.5, 0.6) is 5.75 Å². The van der Waals surface area contributed by atoms with Gasteiger partial charge in [0.1, 0.15) is 16.9 Å². The van der Waals surface area contributed by atoms with E-state index in [1.54, 1.807) is 36.4 Å². The molecule has 1 N–H and O–H groups in total. The summed E-state index contributed by atoms with van der Waals surface area (Å²) in [5.74, 6) is -0.928. The van der Waals surface area contributed by atoms with Crippen LogP contribution in [0.1, 0.15) is 23.8 Å². The van der Waals surface area contributed by atoms with Gasteiger partial charge in [-0.2, -0.15) is 5.10 Å². The number of aromatic nitrogens is 2. The van der Waals surface area contributed by atoms with Crippen molar-refractivity contribution in [2.75, 3.05) is 19.0 Å². The molecule has 0 aliphatic heterocycles. The molecule has 9 nitrogen and oxygen atoms in total. The topological polar surface area (TPSA) is 113 Å². The van der Waals surface area contributed by atoms with Crippen molar-refractivity contribution in [1.82, 2.24) is 9.78 Å². The van der Waals surface area contributed by atoms with Gasteiger partial charge in [-0.3, -0.25) is 9.59 Å². The van der Waals surface area contributed by atoms with E-state index in [1.807, 2.05) is 31.2 Å². The van der Waals surface area contributed by atoms with E-state index in [1.165, 1.54) is 11.8 Å². The zero-order valence-corrected chi connectivity index (χ0v) is 19.7.